The second kappa shape index (κ2) is 10.2. The molecule has 0 spiro atoms. The highest BCUT2D eigenvalue weighted by atomic mass is 35.5. The maximum atomic E-state index is 13.6. The summed E-state index contributed by atoms with van der Waals surface area (Å²) in [6.07, 6.45) is -0.118. The van der Waals surface area contributed by atoms with Crippen LogP contribution in [0.25, 0.3) is 0 Å². The molecule has 9 heteroatoms. The Bertz CT molecular complexity index is 1310. The zero-order valence-corrected chi connectivity index (χ0v) is 21.3. The van der Waals surface area contributed by atoms with Gasteiger partial charge in [0.2, 0.25) is 0 Å². The fraction of sp³-hybridized carbons (Fsp3) is 0.269. The Balaban J connectivity index is 1.61. The van der Waals surface area contributed by atoms with Gasteiger partial charge in [0.25, 0.3) is 15.9 Å². The van der Waals surface area contributed by atoms with Gasteiger partial charge in [0.15, 0.2) is 6.10 Å². The van der Waals surface area contributed by atoms with E-state index in [9.17, 15) is 13.2 Å². The first kappa shape index (κ1) is 24.9. The minimum absolute atomic E-state index is 0.0645. The summed E-state index contributed by atoms with van der Waals surface area (Å²) in [5.74, 6) is 0.387. The Labute approximate surface area is 210 Å². The van der Waals surface area contributed by atoms with E-state index in [1.165, 1.54) is 35.2 Å². The van der Waals surface area contributed by atoms with E-state index in [2.05, 4.69) is 12.2 Å². The molecular weight excluding hydrogens is 488 g/mol. The summed E-state index contributed by atoms with van der Waals surface area (Å²) in [5.41, 5.74) is 2.43. The average molecular weight is 515 g/mol. The summed E-state index contributed by atoms with van der Waals surface area (Å²) in [7, 11) is -2.51. The first-order valence-corrected chi connectivity index (χ1v) is 13.1. The molecule has 35 heavy (non-hydrogen) atoms. The lowest BCUT2D eigenvalue weighted by molar-refractivity contribution is -0.128. The lowest BCUT2D eigenvalue weighted by Crippen LogP contribution is -2.51. The fourth-order valence-corrected chi connectivity index (χ4v) is 5.53. The largest absolute Gasteiger partial charge is 0.497 e. The van der Waals surface area contributed by atoms with Crippen LogP contribution in [-0.4, -0.2) is 34.1 Å². The van der Waals surface area contributed by atoms with Crippen molar-refractivity contribution in [1.29, 1.82) is 0 Å². The first-order chi connectivity index (χ1) is 16.7. The lowest BCUT2D eigenvalue weighted by atomic mass is 10.0. The van der Waals surface area contributed by atoms with Crippen molar-refractivity contribution in [3.05, 3.63) is 82.9 Å². The number of anilines is 1. The van der Waals surface area contributed by atoms with Crippen molar-refractivity contribution in [2.45, 2.75) is 37.3 Å². The third kappa shape index (κ3) is 5.23. The number of carbonyl (C=O) groups is 1. The Kier molecular flexibility index (Phi) is 7.23. The molecule has 0 aliphatic carbocycles. The zero-order valence-electron chi connectivity index (χ0n) is 19.7. The number of benzene rings is 3. The quantitative estimate of drug-likeness (QED) is 0.492. The summed E-state index contributed by atoms with van der Waals surface area (Å²) >= 11 is 6.16. The molecule has 1 heterocycles. The maximum absolute atomic E-state index is 13.6. The highest BCUT2D eigenvalue weighted by molar-refractivity contribution is 7.92. The molecule has 0 aromatic heterocycles. The van der Waals surface area contributed by atoms with Gasteiger partial charge in [-0.1, -0.05) is 42.8 Å². The van der Waals surface area contributed by atoms with Gasteiger partial charge in [-0.15, -0.1) is 0 Å². The predicted molar refractivity (Wildman–Crippen MR) is 136 cm³/mol. The van der Waals surface area contributed by atoms with Crippen molar-refractivity contribution < 1.29 is 22.7 Å². The SMILES string of the molecule is CCc1ccc([C@@H](C)NC(=O)[C@@H]2CN(S(=O)(=O)c3ccc(OC)cc3)c3cc(Cl)ccc3O2)cc1. The van der Waals surface area contributed by atoms with E-state index in [1.54, 1.807) is 24.3 Å². The number of ether oxygens (including phenoxy) is 2. The van der Waals surface area contributed by atoms with Crippen LogP contribution in [-0.2, 0) is 21.2 Å². The predicted octanol–water partition coefficient (Wildman–Crippen LogP) is 4.74. The van der Waals surface area contributed by atoms with Gasteiger partial charge in [-0.05, 0) is 66.9 Å². The van der Waals surface area contributed by atoms with Gasteiger partial charge in [0.05, 0.1) is 30.3 Å². The summed E-state index contributed by atoms with van der Waals surface area (Å²) in [6.45, 7) is 3.76. The molecule has 1 amide bonds. The van der Waals surface area contributed by atoms with Crippen molar-refractivity contribution in [3.63, 3.8) is 0 Å². The van der Waals surface area contributed by atoms with Crippen molar-refractivity contribution >= 4 is 33.2 Å². The molecule has 3 aromatic rings. The average Bonchev–Trinajstić information content (AvgIpc) is 2.87. The molecule has 0 fully saturated rings. The van der Waals surface area contributed by atoms with Gasteiger partial charge in [-0.3, -0.25) is 9.10 Å². The van der Waals surface area contributed by atoms with E-state index in [1.807, 2.05) is 31.2 Å². The third-order valence-electron chi connectivity index (χ3n) is 5.98. The maximum Gasteiger partial charge on any atom is 0.264 e. The Hall–Kier alpha value is -3.23. The van der Waals surface area contributed by atoms with Crippen LogP contribution in [0.3, 0.4) is 0 Å². The molecule has 0 radical (unpaired) electrons. The number of sulfonamides is 1. The summed E-state index contributed by atoms with van der Waals surface area (Å²) in [5, 5.41) is 3.30. The van der Waals surface area contributed by atoms with Crippen molar-refractivity contribution in [1.82, 2.24) is 5.32 Å². The molecule has 0 saturated heterocycles. The topological polar surface area (TPSA) is 84.9 Å². The lowest BCUT2D eigenvalue weighted by Gasteiger charge is -2.35. The van der Waals surface area contributed by atoms with Gasteiger partial charge < -0.3 is 14.8 Å². The molecule has 1 N–H and O–H groups in total. The number of hydrogen-bond acceptors (Lipinski definition) is 5. The van der Waals surface area contributed by atoms with Gasteiger partial charge >= 0.3 is 0 Å². The molecule has 7 nitrogen and oxygen atoms in total. The molecule has 184 valence electrons. The molecule has 0 saturated carbocycles. The Morgan fingerprint density at radius 3 is 2.46 bits per heavy atom. The van der Waals surface area contributed by atoms with E-state index < -0.39 is 22.0 Å². The standard InChI is InChI=1S/C26H27ClN2O5S/c1-4-18-5-7-19(8-6-18)17(2)28-26(30)25-16-29(23-15-20(27)9-14-24(23)34-25)35(31,32)22-12-10-21(33-3)11-13-22/h5-15,17,25H,4,16H2,1-3H3,(H,28,30)/t17-,25+/m1/s1. The van der Waals surface area contributed by atoms with Gasteiger partial charge in [0, 0.05) is 5.02 Å². The van der Waals surface area contributed by atoms with Crippen LogP contribution in [0.4, 0.5) is 5.69 Å². The number of halogens is 1. The van der Waals surface area contributed by atoms with Crippen LogP contribution >= 0.6 is 11.6 Å². The van der Waals surface area contributed by atoms with E-state index in [4.69, 9.17) is 21.1 Å². The molecular formula is C26H27ClN2O5S. The number of fused-ring (bicyclic) bond motifs is 1. The van der Waals surface area contributed by atoms with Crippen LogP contribution < -0.4 is 19.1 Å². The molecule has 1 aliphatic rings. The number of methoxy groups -OCH3 is 1. The number of carbonyl (C=O) groups excluding carboxylic acids is 1. The van der Waals surface area contributed by atoms with Crippen LogP contribution in [0.15, 0.2) is 71.6 Å². The van der Waals surface area contributed by atoms with Crippen LogP contribution in [0.2, 0.25) is 5.02 Å². The zero-order chi connectivity index (χ0) is 25.2. The highest BCUT2D eigenvalue weighted by Gasteiger charge is 2.38. The van der Waals surface area contributed by atoms with Crippen molar-refractivity contribution in [3.8, 4) is 11.5 Å². The molecule has 0 unspecified atom stereocenters. The Morgan fingerprint density at radius 1 is 1.14 bits per heavy atom. The normalized spacial score (nSPS) is 16.1. The molecule has 4 rings (SSSR count). The smallest absolute Gasteiger partial charge is 0.264 e. The van der Waals surface area contributed by atoms with E-state index in [0.717, 1.165) is 12.0 Å². The molecule has 2 atom stereocenters. The third-order valence-corrected chi connectivity index (χ3v) is 8.01. The number of nitrogens with one attached hydrogen (secondary N) is 1. The summed E-state index contributed by atoms with van der Waals surface area (Å²) < 4.78 is 39.4. The first-order valence-electron chi connectivity index (χ1n) is 11.2. The van der Waals surface area contributed by atoms with Gasteiger partial charge in [0.1, 0.15) is 11.5 Å². The van der Waals surface area contributed by atoms with Crippen LogP contribution in [0.1, 0.15) is 31.0 Å². The fourth-order valence-electron chi connectivity index (χ4n) is 3.90. The minimum Gasteiger partial charge on any atom is -0.497 e. The molecule has 0 bridgehead atoms. The Morgan fingerprint density at radius 2 is 1.83 bits per heavy atom. The number of hydrogen-bond donors (Lipinski definition) is 1. The van der Waals surface area contributed by atoms with Crippen molar-refractivity contribution in [2.24, 2.45) is 0 Å². The van der Waals surface area contributed by atoms with Crippen LogP contribution in [0.5, 0.6) is 11.5 Å². The highest BCUT2D eigenvalue weighted by Crippen LogP contribution is 2.39. The van der Waals surface area contributed by atoms with E-state index >= 15 is 0 Å². The number of rotatable bonds is 7. The second-order valence-electron chi connectivity index (χ2n) is 8.26. The minimum atomic E-state index is -4.01. The van der Waals surface area contributed by atoms with Gasteiger partial charge in [-0.25, -0.2) is 8.42 Å². The molecule has 3 aromatic carbocycles. The summed E-state index contributed by atoms with van der Waals surface area (Å²) in [4.78, 5) is 13.2. The second-order valence-corrected chi connectivity index (χ2v) is 10.6. The number of nitrogens with zero attached hydrogens (tertiary/aromatic N) is 1. The van der Waals surface area contributed by atoms with Crippen molar-refractivity contribution in [2.75, 3.05) is 18.0 Å². The monoisotopic (exact) mass is 514 g/mol. The number of amides is 1. The summed E-state index contributed by atoms with van der Waals surface area (Å²) in [6, 6.07) is 18.5. The number of aryl methyl sites for hydroxylation is 1. The van der Waals surface area contributed by atoms with Gasteiger partial charge in [-0.2, -0.15) is 0 Å². The molecule has 1 aliphatic heterocycles. The van der Waals surface area contributed by atoms with Crippen LogP contribution in [0, 0.1) is 0 Å². The van der Waals surface area contributed by atoms with E-state index in [0.29, 0.717) is 10.8 Å². The van der Waals surface area contributed by atoms with E-state index in [-0.39, 0.29) is 28.9 Å².